The third-order valence-corrected chi connectivity index (χ3v) is 0.733. The number of hydrogen-bond donors (Lipinski definition) is 0. The Labute approximate surface area is 61.7 Å². The van der Waals surface area contributed by atoms with E-state index in [9.17, 15) is 4.39 Å². The van der Waals surface area contributed by atoms with Gasteiger partial charge in [-0.1, -0.05) is 38.5 Å². The van der Waals surface area contributed by atoms with Crippen molar-refractivity contribution in [2.75, 3.05) is 0 Å². The SMILES string of the molecule is CCC.Fc1ccccc1. The van der Waals surface area contributed by atoms with Gasteiger partial charge in [0.2, 0.25) is 0 Å². The standard InChI is InChI=1S/C6H5F.C3H8/c7-6-4-2-1-3-5-6;1-3-2/h1-5H;3H2,1-2H3. The van der Waals surface area contributed by atoms with Crippen LogP contribution in [0.4, 0.5) is 4.39 Å². The predicted octanol–water partition coefficient (Wildman–Crippen LogP) is 3.24. The first-order chi connectivity index (χ1) is 4.81. The van der Waals surface area contributed by atoms with Gasteiger partial charge < -0.3 is 0 Å². The third kappa shape index (κ3) is 5.29. The normalized spacial score (nSPS) is 7.90. The molecule has 0 heterocycles. The minimum absolute atomic E-state index is 0.178. The van der Waals surface area contributed by atoms with Gasteiger partial charge in [-0.25, -0.2) is 4.39 Å². The lowest BCUT2D eigenvalue weighted by Gasteiger charge is -1.78. The van der Waals surface area contributed by atoms with E-state index < -0.39 is 0 Å². The number of rotatable bonds is 0. The van der Waals surface area contributed by atoms with E-state index in [-0.39, 0.29) is 5.82 Å². The number of benzene rings is 1. The molecular weight excluding hydrogens is 127 g/mol. The lowest BCUT2D eigenvalue weighted by Crippen LogP contribution is -1.63. The Morgan fingerprint density at radius 1 is 1.10 bits per heavy atom. The van der Waals surface area contributed by atoms with Gasteiger partial charge >= 0.3 is 0 Å². The molecule has 0 bridgehead atoms. The summed E-state index contributed by atoms with van der Waals surface area (Å²) in [6, 6.07) is 7.94. The van der Waals surface area contributed by atoms with Gasteiger partial charge in [-0.15, -0.1) is 0 Å². The lowest BCUT2D eigenvalue weighted by atomic mass is 10.4. The molecule has 1 aromatic carbocycles. The molecule has 0 saturated heterocycles. The molecule has 10 heavy (non-hydrogen) atoms. The minimum atomic E-state index is -0.178. The topological polar surface area (TPSA) is 0 Å². The van der Waals surface area contributed by atoms with Crippen molar-refractivity contribution >= 4 is 0 Å². The van der Waals surface area contributed by atoms with Crippen molar-refractivity contribution in [3.63, 3.8) is 0 Å². The van der Waals surface area contributed by atoms with Crippen LogP contribution in [0.15, 0.2) is 30.3 Å². The molecule has 0 fully saturated rings. The van der Waals surface area contributed by atoms with Gasteiger partial charge in [0.25, 0.3) is 0 Å². The Bertz CT molecular complexity index is 146. The maximum Gasteiger partial charge on any atom is 0.123 e. The van der Waals surface area contributed by atoms with Crippen LogP contribution in [-0.2, 0) is 0 Å². The fraction of sp³-hybridized carbons (Fsp3) is 0.333. The quantitative estimate of drug-likeness (QED) is 0.519. The number of hydrogen-bond acceptors (Lipinski definition) is 0. The molecule has 0 aliphatic heterocycles. The van der Waals surface area contributed by atoms with E-state index in [1.165, 1.54) is 18.6 Å². The fourth-order valence-electron chi connectivity index (χ4n) is 0.415. The van der Waals surface area contributed by atoms with Crippen molar-refractivity contribution in [2.45, 2.75) is 20.3 Å². The van der Waals surface area contributed by atoms with Crippen LogP contribution in [0.3, 0.4) is 0 Å². The monoisotopic (exact) mass is 140 g/mol. The molecule has 0 N–H and O–H groups in total. The first-order valence-electron chi connectivity index (χ1n) is 3.51. The summed E-state index contributed by atoms with van der Waals surface area (Å²) in [4.78, 5) is 0. The molecule has 1 rings (SSSR count). The zero-order chi connectivity index (χ0) is 7.82. The molecule has 0 atom stereocenters. The van der Waals surface area contributed by atoms with Crippen LogP contribution in [0.2, 0.25) is 0 Å². The van der Waals surface area contributed by atoms with Crippen molar-refractivity contribution in [1.29, 1.82) is 0 Å². The van der Waals surface area contributed by atoms with Crippen molar-refractivity contribution in [1.82, 2.24) is 0 Å². The smallest absolute Gasteiger partial charge is 0.123 e. The van der Waals surface area contributed by atoms with E-state index in [0.29, 0.717) is 0 Å². The lowest BCUT2D eigenvalue weighted by molar-refractivity contribution is 0.628. The molecule has 0 aliphatic carbocycles. The van der Waals surface area contributed by atoms with Crippen LogP contribution < -0.4 is 0 Å². The van der Waals surface area contributed by atoms with E-state index >= 15 is 0 Å². The van der Waals surface area contributed by atoms with Crippen LogP contribution in [0.5, 0.6) is 0 Å². The van der Waals surface area contributed by atoms with Crippen molar-refractivity contribution in [2.24, 2.45) is 0 Å². The molecule has 0 aromatic heterocycles. The van der Waals surface area contributed by atoms with Crippen LogP contribution in [-0.4, -0.2) is 0 Å². The maximum absolute atomic E-state index is 11.9. The molecule has 1 aromatic rings. The molecule has 0 unspecified atom stereocenters. The second-order valence-electron chi connectivity index (χ2n) is 2.00. The summed E-state index contributed by atoms with van der Waals surface area (Å²) in [5.41, 5.74) is 0. The molecule has 0 spiro atoms. The summed E-state index contributed by atoms with van der Waals surface area (Å²) in [6.45, 7) is 4.25. The van der Waals surface area contributed by atoms with Gasteiger partial charge in [-0.3, -0.25) is 0 Å². The van der Waals surface area contributed by atoms with Crippen molar-refractivity contribution in [3.8, 4) is 0 Å². The highest BCUT2D eigenvalue weighted by atomic mass is 19.1. The fourth-order valence-corrected chi connectivity index (χ4v) is 0.415. The summed E-state index contributed by atoms with van der Waals surface area (Å²) in [7, 11) is 0. The van der Waals surface area contributed by atoms with Gasteiger partial charge in [-0.2, -0.15) is 0 Å². The second kappa shape index (κ2) is 6.27. The molecule has 56 valence electrons. The molecular formula is C9H13F. The summed E-state index contributed by atoms with van der Waals surface area (Å²) in [6.07, 6.45) is 1.25. The molecule has 0 aliphatic rings. The molecule has 0 saturated carbocycles. The van der Waals surface area contributed by atoms with Crippen LogP contribution in [0.25, 0.3) is 0 Å². The van der Waals surface area contributed by atoms with E-state index in [4.69, 9.17) is 0 Å². The van der Waals surface area contributed by atoms with E-state index in [0.717, 1.165) is 0 Å². The average molecular weight is 140 g/mol. The van der Waals surface area contributed by atoms with Gasteiger partial charge in [-0.05, 0) is 12.1 Å². The van der Waals surface area contributed by atoms with Gasteiger partial charge in [0.1, 0.15) is 5.82 Å². The van der Waals surface area contributed by atoms with E-state index in [1.807, 2.05) is 0 Å². The van der Waals surface area contributed by atoms with Crippen LogP contribution >= 0.6 is 0 Å². The van der Waals surface area contributed by atoms with Crippen LogP contribution in [0, 0.1) is 5.82 Å². The maximum atomic E-state index is 11.9. The summed E-state index contributed by atoms with van der Waals surface area (Å²) in [5.74, 6) is -0.178. The molecule has 0 radical (unpaired) electrons. The van der Waals surface area contributed by atoms with Crippen molar-refractivity contribution in [3.05, 3.63) is 36.1 Å². The summed E-state index contributed by atoms with van der Waals surface area (Å²) < 4.78 is 11.9. The Hall–Kier alpha value is -0.850. The second-order valence-corrected chi connectivity index (χ2v) is 2.00. The minimum Gasteiger partial charge on any atom is -0.207 e. The predicted molar refractivity (Wildman–Crippen MR) is 42.4 cm³/mol. The van der Waals surface area contributed by atoms with Gasteiger partial charge in [0.05, 0.1) is 0 Å². The Morgan fingerprint density at radius 3 is 1.70 bits per heavy atom. The van der Waals surface area contributed by atoms with Gasteiger partial charge in [0, 0.05) is 0 Å². The Balaban J connectivity index is 0.000000236. The first-order valence-corrected chi connectivity index (χ1v) is 3.51. The van der Waals surface area contributed by atoms with E-state index in [1.54, 1.807) is 18.2 Å². The third-order valence-electron chi connectivity index (χ3n) is 0.733. The molecule has 1 heteroatoms. The average Bonchev–Trinajstić information content (AvgIpc) is 1.91. The summed E-state index contributed by atoms with van der Waals surface area (Å²) in [5, 5.41) is 0. The first kappa shape index (κ1) is 9.15. The highest BCUT2D eigenvalue weighted by Crippen LogP contribution is 1.91. The van der Waals surface area contributed by atoms with E-state index in [2.05, 4.69) is 13.8 Å². The van der Waals surface area contributed by atoms with Gasteiger partial charge in [0.15, 0.2) is 0 Å². The largest absolute Gasteiger partial charge is 0.207 e. The highest BCUT2D eigenvalue weighted by molar-refractivity contribution is 5.02. The van der Waals surface area contributed by atoms with Crippen molar-refractivity contribution < 1.29 is 4.39 Å². The molecule has 0 nitrogen and oxygen atoms in total. The zero-order valence-electron chi connectivity index (χ0n) is 6.47. The highest BCUT2D eigenvalue weighted by Gasteiger charge is 1.77. The summed E-state index contributed by atoms with van der Waals surface area (Å²) >= 11 is 0. The Kier molecular flexibility index (Phi) is 5.74. The van der Waals surface area contributed by atoms with Crippen LogP contribution in [0.1, 0.15) is 20.3 Å². The molecule has 0 amide bonds. The number of halogens is 1. The Morgan fingerprint density at radius 2 is 1.50 bits per heavy atom. The zero-order valence-corrected chi connectivity index (χ0v) is 6.47.